The molecule has 0 atom stereocenters. The number of nitrogens with zero attached hydrogens (tertiary/aromatic N) is 1. The van der Waals surface area contributed by atoms with Crippen molar-refractivity contribution in [2.24, 2.45) is 0 Å². The third-order valence-corrected chi connectivity index (χ3v) is 5.56. The molecule has 17 heavy (non-hydrogen) atoms. The lowest BCUT2D eigenvalue weighted by molar-refractivity contribution is 0.0858. The van der Waals surface area contributed by atoms with E-state index in [4.69, 9.17) is 13.3 Å². The number of pyridine rings is 1. The summed E-state index contributed by atoms with van der Waals surface area (Å²) in [6, 6.07) is 3.80. The molecular weight excluding hydrogens is 302 g/mol. The van der Waals surface area contributed by atoms with Crippen molar-refractivity contribution < 1.29 is 13.3 Å². The number of aromatic nitrogens is 1. The van der Waals surface area contributed by atoms with E-state index in [0.717, 1.165) is 9.79 Å². The molecule has 0 saturated carbocycles. The van der Waals surface area contributed by atoms with E-state index in [1.807, 2.05) is 32.9 Å². The maximum atomic E-state index is 5.78. The van der Waals surface area contributed by atoms with Crippen LogP contribution >= 0.6 is 15.9 Å². The lowest BCUT2D eigenvalue weighted by atomic mass is 10.5. The molecule has 0 saturated heterocycles. The normalized spacial score (nSPS) is 11.8. The zero-order chi connectivity index (χ0) is 12.7. The van der Waals surface area contributed by atoms with Crippen LogP contribution in [0.5, 0.6) is 0 Å². The molecule has 0 aliphatic rings. The second-order valence-corrected chi connectivity index (χ2v) is 6.59. The Morgan fingerprint density at radius 3 is 1.94 bits per heavy atom. The molecule has 0 fully saturated rings. The monoisotopic (exact) mass is 319 g/mol. The highest BCUT2D eigenvalue weighted by molar-refractivity contribution is 9.10. The van der Waals surface area contributed by atoms with Crippen LogP contribution in [0.4, 0.5) is 0 Å². The van der Waals surface area contributed by atoms with Gasteiger partial charge in [0.25, 0.3) is 0 Å². The quantitative estimate of drug-likeness (QED) is 0.570. The standard InChI is InChI=1S/C11H18BrNO3Si/c1-4-14-17(15-5-2,16-6-3)10-7-8-11(12)13-9-10/h7-9H,4-6H2,1-3H3. The van der Waals surface area contributed by atoms with Crippen LogP contribution < -0.4 is 5.19 Å². The fraction of sp³-hybridized carbons (Fsp3) is 0.545. The van der Waals surface area contributed by atoms with Crippen molar-refractivity contribution in [2.75, 3.05) is 19.8 Å². The summed E-state index contributed by atoms with van der Waals surface area (Å²) in [5, 5.41) is 0.895. The minimum Gasteiger partial charge on any atom is -0.370 e. The molecular formula is C11H18BrNO3Si. The van der Waals surface area contributed by atoms with Crippen LogP contribution in [0.1, 0.15) is 20.8 Å². The topological polar surface area (TPSA) is 40.6 Å². The van der Waals surface area contributed by atoms with Crippen molar-refractivity contribution in [2.45, 2.75) is 20.8 Å². The molecule has 0 bridgehead atoms. The van der Waals surface area contributed by atoms with Crippen molar-refractivity contribution in [3.8, 4) is 0 Å². The van der Waals surface area contributed by atoms with Gasteiger partial charge in [0, 0.05) is 31.2 Å². The highest BCUT2D eigenvalue weighted by Crippen LogP contribution is 2.12. The molecule has 0 N–H and O–H groups in total. The summed E-state index contributed by atoms with van der Waals surface area (Å²) in [5.74, 6) is 0. The average Bonchev–Trinajstić information content (AvgIpc) is 2.30. The first-order valence-corrected chi connectivity index (χ1v) is 8.24. The van der Waals surface area contributed by atoms with Crippen LogP contribution in [-0.2, 0) is 13.3 Å². The van der Waals surface area contributed by atoms with Crippen molar-refractivity contribution in [3.05, 3.63) is 22.9 Å². The molecule has 0 unspecified atom stereocenters. The zero-order valence-corrected chi connectivity index (χ0v) is 13.0. The summed E-state index contributed by atoms with van der Waals surface area (Å²) >= 11 is 3.31. The Labute approximate surface area is 112 Å². The Morgan fingerprint density at radius 1 is 1.06 bits per heavy atom. The largest absolute Gasteiger partial charge is 0.538 e. The molecule has 1 aromatic heterocycles. The SMILES string of the molecule is CCO[Si](OCC)(OCC)c1ccc(Br)nc1. The minimum absolute atomic E-state index is 0.558. The van der Waals surface area contributed by atoms with Gasteiger partial charge in [0.15, 0.2) is 0 Å². The number of hydrogen-bond acceptors (Lipinski definition) is 4. The van der Waals surface area contributed by atoms with E-state index in [0.29, 0.717) is 19.8 Å². The Hall–Kier alpha value is -0.273. The van der Waals surface area contributed by atoms with Gasteiger partial charge in [0.2, 0.25) is 0 Å². The third kappa shape index (κ3) is 3.85. The average molecular weight is 320 g/mol. The highest BCUT2D eigenvalue weighted by atomic mass is 79.9. The Kier molecular flexibility index (Phi) is 6.28. The van der Waals surface area contributed by atoms with Crippen molar-refractivity contribution in [1.29, 1.82) is 0 Å². The number of rotatable bonds is 7. The van der Waals surface area contributed by atoms with Gasteiger partial charge in [-0.1, -0.05) is 6.07 Å². The zero-order valence-electron chi connectivity index (χ0n) is 10.4. The van der Waals surface area contributed by atoms with Crippen molar-refractivity contribution in [1.82, 2.24) is 4.98 Å². The molecule has 0 aliphatic carbocycles. The highest BCUT2D eigenvalue weighted by Gasteiger charge is 2.43. The maximum absolute atomic E-state index is 5.78. The van der Waals surface area contributed by atoms with Crippen LogP contribution in [0, 0.1) is 0 Å². The third-order valence-electron chi connectivity index (χ3n) is 2.08. The van der Waals surface area contributed by atoms with Crippen molar-refractivity contribution >= 4 is 29.9 Å². The maximum Gasteiger partial charge on any atom is 0.538 e. The summed E-state index contributed by atoms with van der Waals surface area (Å²) < 4.78 is 18.1. The van der Waals surface area contributed by atoms with Gasteiger partial charge in [-0.05, 0) is 42.8 Å². The first-order chi connectivity index (χ1) is 8.18. The van der Waals surface area contributed by atoms with Crippen LogP contribution in [0.3, 0.4) is 0 Å². The van der Waals surface area contributed by atoms with E-state index in [1.165, 1.54) is 0 Å². The van der Waals surface area contributed by atoms with Gasteiger partial charge in [0.05, 0.1) is 0 Å². The molecule has 0 aliphatic heterocycles. The number of hydrogen-bond donors (Lipinski definition) is 0. The predicted molar refractivity (Wildman–Crippen MR) is 72.2 cm³/mol. The van der Waals surface area contributed by atoms with Crippen LogP contribution in [0.2, 0.25) is 0 Å². The second kappa shape index (κ2) is 7.23. The summed E-state index contributed by atoms with van der Waals surface area (Å²) in [6.07, 6.45) is 1.75. The molecule has 96 valence electrons. The van der Waals surface area contributed by atoms with E-state index >= 15 is 0 Å². The summed E-state index contributed by atoms with van der Waals surface area (Å²) in [4.78, 5) is 4.20. The summed E-state index contributed by atoms with van der Waals surface area (Å²) in [6.45, 7) is 7.48. The molecule has 1 heterocycles. The van der Waals surface area contributed by atoms with E-state index in [2.05, 4.69) is 20.9 Å². The van der Waals surface area contributed by atoms with E-state index in [9.17, 15) is 0 Å². The Bertz CT molecular complexity index is 317. The van der Waals surface area contributed by atoms with Gasteiger partial charge < -0.3 is 13.3 Å². The van der Waals surface area contributed by atoms with E-state index in [1.54, 1.807) is 6.20 Å². The lowest BCUT2D eigenvalue weighted by Crippen LogP contribution is -2.57. The first kappa shape index (κ1) is 14.8. The van der Waals surface area contributed by atoms with Crippen LogP contribution in [0.15, 0.2) is 22.9 Å². The fourth-order valence-electron chi connectivity index (χ4n) is 1.50. The molecule has 0 aromatic carbocycles. The van der Waals surface area contributed by atoms with Crippen LogP contribution in [0.25, 0.3) is 0 Å². The van der Waals surface area contributed by atoms with E-state index in [-0.39, 0.29) is 0 Å². The molecule has 4 nitrogen and oxygen atoms in total. The van der Waals surface area contributed by atoms with E-state index < -0.39 is 8.80 Å². The minimum atomic E-state index is -2.78. The van der Waals surface area contributed by atoms with Gasteiger partial charge in [0.1, 0.15) is 4.60 Å². The first-order valence-electron chi connectivity index (χ1n) is 5.72. The van der Waals surface area contributed by atoms with Crippen LogP contribution in [-0.4, -0.2) is 33.6 Å². The fourth-order valence-corrected chi connectivity index (χ4v) is 4.14. The molecule has 6 heteroatoms. The lowest BCUT2D eigenvalue weighted by Gasteiger charge is -2.28. The van der Waals surface area contributed by atoms with Gasteiger partial charge in [-0.15, -0.1) is 0 Å². The Morgan fingerprint density at radius 2 is 1.59 bits per heavy atom. The van der Waals surface area contributed by atoms with Gasteiger partial charge >= 0.3 is 8.80 Å². The summed E-state index contributed by atoms with van der Waals surface area (Å²) in [5.41, 5.74) is 0. The molecule has 1 aromatic rings. The molecule has 0 radical (unpaired) electrons. The smallest absolute Gasteiger partial charge is 0.370 e. The van der Waals surface area contributed by atoms with Gasteiger partial charge in [-0.25, -0.2) is 4.98 Å². The summed E-state index contributed by atoms with van der Waals surface area (Å²) in [7, 11) is -2.78. The second-order valence-electron chi connectivity index (χ2n) is 3.22. The van der Waals surface area contributed by atoms with Gasteiger partial charge in [-0.2, -0.15) is 0 Å². The molecule has 0 spiro atoms. The van der Waals surface area contributed by atoms with Crippen molar-refractivity contribution in [3.63, 3.8) is 0 Å². The predicted octanol–water partition coefficient (Wildman–Crippen LogP) is 2.10. The number of halogens is 1. The molecule has 0 amide bonds. The molecule has 1 rings (SSSR count). The van der Waals surface area contributed by atoms with Gasteiger partial charge in [-0.3, -0.25) is 0 Å². The Balaban J connectivity index is 3.04.